The van der Waals surface area contributed by atoms with Gasteiger partial charge in [-0.1, -0.05) is 0 Å². The Morgan fingerprint density at radius 1 is 1.09 bits per heavy atom. The molecule has 23 heavy (non-hydrogen) atoms. The third-order valence-electron chi connectivity index (χ3n) is 4.53. The van der Waals surface area contributed by atoms with Crippen molar-refractivity contribution in [1.82, 2.24) is 14.7 Å². The molecule has 0 N–H and O–H groups in total. The Morgan fingerprint density at radius 3 is 2.17 bits per heavy atom. The summed E-state index contributed by atoms with van der Waals surface area (Å²) >= 11 is 0. The molecule has 130 valence electrons. The molecule has 9 heteroatoms. The molecular formula is C14H20F3N3O3. The van der Waals surface area contributed by atoms with Gasteiger partial charge in [-0.2, -0.15) is 13.2 Å². The predicted octanol–water partition coefficient (Wildman–Crippen LogP) is 0.476. The first-order valence-corrected chi connectivity index (χ1v) is 7.54. The van der Waals surface area contributed by atoms with E-state index in [1.165, 1.54) is 4.90 Å². The van der Waals surface area contributed by atoms with E-state index in [1.807, 2.05) is 0 Å². The van der Waals surface area contributed by atoms with Crippen molar-refractivity contribution in [3.63, 3.8) is 0 Å². The SMILES string of the molecule is CC1C(=O)N(C)CCN1C(=O)C1CCN(C(=O)C(F)(F)F)CC1. The summed E-state index contributed by atoms with van der Waals surface area (Å²) in [4.78, 5) is 39.4. The second-order valence-corrected chi connectivity index (χ2v) is 6.03. The second kappa shape index (κ2) is 6.37. The first kappa shape index (κ1) is 17.6. The maximum atomic E-state index is 12.5. The van der Waals surface area contributed by atoms with Gasteiger partial charge in [-0.25, -0.2) is 0 Å². The monoisotopic (exact) mass is 335 g/mol. The number of rotatable bonds is 1. The summed E-state index contributed by atoms with van der Waals surface area (Å²) in [5.41, 5.74) is 0. The second-order valence-electron chi connectivity index (χ2n) is 6.03. The number of likely N-dealkylation sites (tertiary alicyclic amines) is 1. The maximum absolute atomic E-state index is 12.5. The lowest BCUT2D eigenvalue weighted by atomic mass is 9.94. The number of piperidine rings is 1. The van der Waals surface area contributed by atoms with Crippen LogP contribution in [0.5, 0.6) is 0 Å². The van der Waals surface area contributed by atoms with E-state index in [0.717, 1.165) is 4.90 Å². The van der Waals surface area contributed by atoms with Crippen LogP contribution >= 0.6 is 0 Å². The molecule has 0 aromatic rings. The van der Waals surface area contributed by atoms with Crippen molar-refractivity contribution in [3.05, 3.63) is 0 Å². The summed E-state index contributed by atoms with van der Waals surface area (Å²) in [6, 6.07) is -0.559. The molecule has 2 saturated heterocycles. The molecule has 2 fully saturated rings. The van der Waals surface area contributed by atoms with Gasteiger partial charge in [0.15, 0.2) is 0 Å². The van der Waals surface area contributed by atoms with E-state index >= 15 is 0 Å². The van der Waals surface area contributed by atoms with Gasteiger partial charge in [0.2, 0.25) is 11.8 Å². The van der Waals surface area contributed by atoms with Crippen LogP contribution in [0.25, 0.3) is 0 Å². The van der Waals surface area contributed by atoms with Crippen LogP contribution in [0.15, 0.2) is 0 Å². The van der Waals surface area contributed by atoms with Gasteiger partial charge in [0, 0.05) is 39.1 Å². The van der Waals surface area contributed by atoms with Crippen molar-refractivity contribution in [1.29, 1.82) is 0 Å². The molecule has 0 spiro atoms. The number of hydrogen-bond donors (Lipinski definition) is 0. The van der Waals surface area contributed by atoms with Crippen LogP contribution in [0.3, 0.4) is 0 Å². The fraction of sp³-hybridized carbons (Fsp3) is 0.786. The number of likely N-dealkylation sites (N-methyl/N-ethyl adjacent to an activating group) is 1. The minimum Gasteiger partial charge on any atom is -0.342 e. The molecule has 6 nitrogen and oxygen atoms in total. The van der Waals surface area contributed by atoms with Crippen molar-refractivity contribution >= 4 is 17.7 Å². The highest BCUT2D eigenvalue weighted by Crippen LogP contribution is 2.26. The predicted molar refractivity (Wildman–Crippen MR) is 74.2 cm³/mol. The van der Waals surface area contributed by atoms with E-state index in [9.17, 15) is 27.6 Å². The number of alkyl halides is 3. The van der Waals surface area contributed by atoms with Crippen LogP contribution in [0.1, 0.15) is 19.8 Å². The standard InChI is InChI=1S/C14H20F3N3O3/c1-9-11(21)18(2)7-8-20(9)12(22)10-3-5-19(6-4-10)13(23)14(15,16)17/h9-10H,3-8H2,1-2H3. The zero-order chi connectivity index (χ0) is 17.4. The number of amides is 3. The molecule has 0 aliphatic carbocycles. The molecule has 2 rings (SSSR count). The average molecular weight is 335 g/mol. The normalized spacial score (nSPS) is 24.1. The number of carbonyl (C=O) groups is 3. The molecule has 0 aromatic heterocycles. The van der Waals surface area contributed by atoms with Gasteiger partial charge in [0.05, 0.1) is 0 Å². The van der Waals surface area contributed by atoms with Crippen molar-refractivity contribution in [2.24, 2.45) is 5.92 Å². The van der Waals surface area contributed by atoms with Gasteiger partial charge >= 0.3 is 12.1 Å². The largest absolute Gasteiger partial charge is 0.471 e. The molecular weight excluding hydrogens is 315 g/mol. The third-order valence-corrected chi connectivity index (χ3v) is 4.53. The van der Waals surface area contributed by atoms with Crippen LogP contribution < -0.4 is 0 Å². The number of hydrogen-bond acceptors (Lipinski definition) is 3. The van der Waals surface area contributed by atoms with E-state index in [0.29, 0.717) is 13.1 Å². The fourth-order valence-electron chi connectivity index (χ4n) is 3.06. The van der Waals surface area contributed by atoms with E-state index in [4.69, 9.17) is 0 Å². The van der Waals surface area contributed by atoms with Gasteiger partial charge in [-0.15, -0.1) is 0 Å². The summed E-state index contributed by atoms with van der Waals surface area (Å²) in [5, 5.41) is 0. The first-order valence-electron chi connectivity index (χ1n) is 7.54. The van der Waals surface area contributed by atoms with Crippen molar-refractivity contribution in [2.45, 2.75) is 32.0 Å². The van der Waals surface area contributed by atoms with Gasteiger partial charge in [-0.05, 0) is 19.8 Å². The topological polar surface area (TPSA) is 60.9 Å². The number of halogens is 3. The van der Waals surface area contributed by atoms with E-state index in [-0.39, 0.29) is 37.7 Å². The Hall–Kier alpha value is -1.80. The fourth-order valence-corrected chi connectivity index (χ4v) is 3.06. The lowest BCUT2D eigenvalue weighted by Crippen LogP contribution is -2.58. The Morgan fingerprint density at radius 2 is 1.65 bits per heavy atom. The van der Waals surface area contributed by atoms with E-state index in [2.05, 4.69) is 0 Å². The van der Waals surface area contributed by atoms with Crippen LogP contribution in [0.2, 0.25) is 0 Å². The molecule has 1 unspecified atom stereocenters. The minimum absolute atomic E-state index is 0.0924. The zero-order valence-corrected chi connectivity index (χ0v) is 13.1. The molecule has 0 saturated carbocycles. The summed E-state index contributed by atoms with van der Waals surface area (Å²) in [5.74, 6) is -2.65. The molecule has 2 heterocycles. The first-order chi connectivity index (χ1) is 10.6. The van der Waals surface area contributed by atoms with E-state index in [1.54, 1.807) is 18.9 Å². The van der Waals surface area contributed by atoms with Crippen LogP contribution in [0, 0.1) is 5.92 Å². The third kappa shape index (κ3) is 3.59. The average Bonchev–Trinajstić information content (AvgIpc) is 2.51. The molecule has 1 atom stereocenters. The van der Waals surface area contributed by atoms with Gasteiger partial charge in [-0.3, -0.25) is 14.4 Å². The molecule has 3 amide bonds. The Labute approximate surface area is 132 Å². The quantitative estimate of drug-likeness (QED) is 0.700. The highest BCUT2D eigenvalue weighted by Gasteiger charge is 2.44. The lowest BCUT2D eigenvalue weighted by molar-refractivity contribution is -0.187. The Bertz CT molecular complexity index is 501. The van der Waals surface area contributed by atoms with Crippen LogP contribution in [-0.4, -0.2) is 77.9 Å². The lowest BCUT2D eigenvalue weighted by Gasteiger charge is -2.40. The molecule has 0 radical (unpaired) electrons. The zero-order valence-electron chi connectivity index (χ0n) is 13.1. The minimum atomic E-state index is -4.88. The van der Waals surface area contributed by atoms with Crippen molar-refractivity contribution in [3.8, 4) is 0 Å². The van der Waals surface area contributed by atoms with E-state index < -0.39 is 24.0 Å². The molecule has 2 aliphatic heterocycles. The summed E-state index contributed by atoms with van der Waals surface area (Å²) in [6.07, 6.45) is -4.50. The van der Waals surface area contributed by atoms with Crippen molar-refractivity contribution < 1.29 is 27.6 Å². The number of carbonyl (C=O) groups excluding carboxylic acids is 3. The molecule has 0 aromatic carbocycles. The van der Waals surface area contributed by atoms with Gasteiger partial charge in [0.25, 0.3) is 0 Å². The molecule has 0 bridgehead atoms. The maximum Gasteiger partial charge on any atom is 0.471 e. The highest BCUT2D eigenvalue weighted by molar-refractivity contribution is 5.89. The number of piperazine rings is 1. The van der Waals surface area contributed by atoms with Crippen LogP contribution in [-0.2, 0) is 14.4 Å². The van der Waals surface area contributed by atoms with Gasteiger partial charge < -0.3 is 14.7 Å². The summed E-state index contributed by atoms with van der Waals surface area (Å²) in [6.45, 7) is 2.33. The summed E-state index contributed by atoms with van der Waals surface area (Å²) in [7, 11) is 1.67. The molecule has 2 aliphatic rings. The van der Waals surface area contributed by atoms with Crippen molar-refractivity contribution in [2.75, 3.05) is 33.2 Å². The Kier molecular flexibility index (Phi) is 4.86. The van der Waals surface area contributed by atoms with Crippen LogP contribution in [0.4, 0.5) is 13.2 Å². The van der Waals surface area contributed by atoms with Gasteiger partial charge in [0.1, 0.15) is 6.04 Å². The number of nitrogens with zero attached hydrogens (tertiary/aromatic N) is 3. The summed E-state index contributed by atoms with van der Waals surface area (Å²) < 4.78 is 37.2. The highest BCUT2D eigenvalue weighted by atomic mass is 19.4. The Balaban J connectivity index is 1.94. The smallest absolute Gasteiger partial charge is 0.342 e.